The summed E-state index contributed by atoms with van der Waals surface area (Å²) in [6.45, 7) is 8.97. The molecule has 0 aromatic carbocycles. The van der Waals surface area contributed by atoms with E-state index in [1.54, 1.807) is 0 Å². The smallest absolute Gasteiger partial charge is 0.213 e. The van der Waals surface area contributed by atoms with E-state index in [1.807, 2.05) is 0 Å². The summed E-state index contributed by atoms with van der Waals surface area (Å²) >= 11 is 0. The molecule has 1 aliphatic heterocycles. The van der Waals surface area contributed by atoms with Gasteiger partial charge in [0.15, 0.2) is 0 Å². The minimum absolute atomic E-state index is 0.147. The summed E-state index contributed by atoms with van der Waals surface area (Å²) in [5.41, 5.74) is 0. The van der Waals surface area contributed by atoms with Gasteiger partial charge in [0.05, 0.1) is 5.75 Å². The van der Waals surface area contributed by atoms with Crippen molar-refractivity contribution in [3.63, 3.8) is 0 Å². The molecule has 1 aliphatic carbocycles. The number of hydrogen-bond donors (Lipinski definition) is 2. The molecule has 3 atom stereocenters. The van der Waals surface area contributed by atoms with E-state index in [1.165, 1.54) is 0 Å². The molecule has 2 fully saturated rings. The fourth-order valence-corrected chi connectivity index (χ4v) is 4.49. The quantitative estimate of drug-likeness (QED) is 0.782. The van der Waals surface area contributed by atoms with Crippen molar-refractivity contribution in [3.05, 3.63) is 0 Å². The number of rotatable bonds is 5. The van der Waals surface area contributed by atoms with Gasteiger partial charge < -0.3 is 5.32 Å². The van der Waals surface area contributed by atoms with Gasteiger partial charge in [-0.1, -0.05) is 13.8 Å². The zero-order valence-corrected chi connectivity index (χ0v) is 13.6. The van der Waals surface area contributed by atoms with Crippen LogP contribution in [0.5, 0.6) is 0 Å². The minimum Gasteiger partial charge on any atom is -0.314 e. The van der Waals surface area contributed by atoms with E-state index in [0.29, 0.717) is 12.5 Å². The lowest BCUT2D eigenvalue weighted by atomic mass is 9.79. The van der Waals surface area contributed by atoms with E-state index in [2.05, 4.69) is 28.8 Å². The number of hydrogen-bond acceptors (Lipinski definition) is 4. The molecular weight excluding hydrogens is 274 g/mol. The molecule has 6 heteroatoms. The van der Waals surface area contributed by atoms with Crippen molar-refractivity contribution in [1.82, 2.24) is 14.9 Å². The van der Waals surface area contributed by atoms with Crippen LogP contribution in [-0.4, -0.2) is 57.8 Å². The third kappa shape index (κ3) is 4.98. The van der Waals surface area contributed by atoms with Crippen LogP contribution in [0.3, 0.4) is 0 Å². The van der Waals surface area contributed by atoms with E-state index in [-0.39, 0.29) is 11.8 Å². The van der Waals surface area contributed by atoms with Crippen LogP contribution in [0.2, 0.25) is 0 Å². The fraction of sp³-hybridized carbons (Fsp3) is 1.00. The van der Waals surface area contributed by atoms with Crippen molar-refractivity contribution in [2.45, 2.75) is 39.2 Å². The van der Waals surface area contributed by atoms with Gasteiger partial charge in [-0.2, -0.15) is 0 Å². The molecular formula is C14H29N3O2S. The van der Waals surface area contributed by atoms with Gasteiger partial charge in [0.1, 0.15) is 0 Å². The Labute approximate surface area is 123 Å². The van der Waals surface area contributed by atoms with E-state index in [9.17, 15) is 8.42 Å². The van der Waals surface area contributed by atoms with Crippen LogP contribution < -0.4 is 10.0 Å². The minimum atomic E-state index is -3.13. The van der Waals surface area contributed by atoms with Gasteiger partial charge in [0.2, 0.25) is 10.0 Å². The predicted octanol–water partition coefficient (Wildman–Crippen LogP) is 0.636. The number of sulfonamides is 1. The molecule has 2 N–H and O–H groups in total. The first-order chi connectivity index (χ1) is 9.46. The van der Waals surface area contributed by atoms with Crippen molar-refractivity contribution in [2.75, 3.05) is 38.5 Å². The summed E-state index contributed by atoms with van der Waals surface area (Å²) in [5, 5.41) is 3.28. The van der Waals surface area contributed by atoms with Gasteiger partial charge in [-0.25, -0.2) is 13.1 Å². The third-order valence-corrected chi connectivity index (χ3v) is 6.24. The van der Waals surface area contributed by atoms with Crippen molar-refractivity contribution in [2.24, 2.45) is 11.8 Å². The second kappa shape index (κ2) is 7.20. The largest absolute Gasteiger partial charge is 0.314 e. The molecule has 0 radical (unpaired) electrons. The van der Waals surface area contributed by atoms with Gasteiger partial charge in [0, 0.05) is 38.8 Å². The molecule has 1 saturated heterocycles. The Morgan fingerprint density at radius 1 is 1.15 bits per heavy atom. The number of nitrogens with zero attached hydrogens (tertiary/aromatic N) is 1. The Morgan fingerprint density at radius 3 is 2.50 bits per heavy atom. The van der Waals surface area contributed by atoms with Crippen molar-refractivity contribution < 1.29 is 8.42 Å². The van der Waals surface area contributed by atoms with Crippen LogP contribution >= 0.6 is 0 Å². The van der Waals surface area contributed by atoms with Crippen molar-refractivity contribution >= 4 is 10.0 Å². The molecule has 1 saturated carbocycles. The van der Waals surface area contributed by atoms with E-state index >= 15 is 0 Å². The zero-order chi connectivity index (χ0) is 14.6. The first-order valence-corrected chi connectivity index (χ1v) is 9.54. The molecule has 1 heterocycles. The van der Waals surface area contributed by atoms with Gasteiger partial charge in [-0.15, -0.1) is 0 Å². The van der Waals surface area contributed by atoms with Gasteiger partial charge in [-0.3, -0.25) is 4.90 Å². The molecule has 118 valence electrons. The normalized spacial score (nSPS) is 33.2. The zero-order valence-electron chi connectivity index (χ0n) is 12.8. The highest BCUT2D eigenvalue weighted by atomic mass is 32.2. The van der Waals surface area contributed by atoms with Crippen LogP contribution in [0.1, 0.15) is 33.1 Å². The van der Waals surface area contributed by atoms with Crippen LogP contribution in [0.15, 0.2) is 0 Å². The maximum atomic E-state index is 12.2. The Bertz CT molecular complexity index is 393. The average Bonchev–Trinajstić information content (AvgIpc) is 2.42. The third-order valence-electron chi connectivity index (χ3n) is 4.83. The van der Waals surface area contributed by atoms with Gasteiger partial charge >= 0.3 is 0 Å². The molecule has 0 bridgehead atoms. The van der Waals surface area contributed by atoms with Crippen molar-refractivity contribution in [1.29, 1.82) is 0 Å². The lowest BCUT2D eigenvalue weighted by Crippen LogP contribution is -2.47. The predicted molar refractivity (Wildman–Crippen MR) is 82.2 cm³/mol. The van der Waals surface area contributed by atoms with Gasteiger partial charge in [-0.05, 0) is 31.1 Å². The summed E-state index contributed by atoms with van der Waals surface area (Å²) in [7, 11) is -3.13. The topological polar surface area (TPSA) is 61.4 Å². The lowest BCUT2D eigenvalue weighted by molar-refractivity contribution is 0.240. The standard InChI is InChI=1S/C14H29N3O2S/c1-12-3-4-14(11-13(12)2)16-20(18,19)10-9-17-7-5-15-6-8-17/h12-16H,3-11H2,1-2H3. The van der Waals surface area contributed by atoms with E-state index in [0.717, 1.165) is 51.4 Å². The second-order valence-corrected chi connectivity index (χ2v) is 8.37. The summed E-state index contributed by atoms with van der Waals surface area (Å²) < 4.78 is 27.3. The number of nitrogens with one attached hydrogen (secondary N) is 2. The maximum Gasteiger partial charge on any atom is 0.213 e. The van der Waals surface area contributed by atoms with Gasteiger partial charge in [0.25, 0.3) is 0 Å². The first kappa shape index (κ1) is 16.2. The highest BCUT2D eigenvalue weighted by molar-refractivity contribution is 7.89. The number of piperazine rings is 1. The second-order valence-electron chi connectivity index (χ2n) is 6.49. The highest BCUT2D eigenvalue weighted by Gasteiger charge is 2.27. The SMILES string of the molecule is CC1CCC(NS(=O)(=O)CCN2CCNCC2)CC1C. The molecule has 0 amide bonds. The fourth-order valence-electron chi connectivity index (χ4n) is 3.15. The summed E-state index contributed by atoms with van der Waals surface area (Å²) in [6, 6.07) is 0.147. The summed E-state index contributed by atoms with van der Waals surface area (Å²) in [6.07, 6.45) is 3.10. The van der Waals surface area contributed by atoms with Crippen molar-refractivity contribution in [3.8, 4) is 0 Å². The molecule has 3 unspecified atom stereocenters. The molecule has 20 heavy (non-hydrogen) atoms. The Hall–Kier alpha value is -0.170. The average molecular weight is 303 g/mol. The van der Waals surface area contributed by atoms with Crippen LogP contribution in [0.25, 0.3) is 0 Å². The maximum absolute atomic E-state index is 12.2. The molecule has 5 nitrogen and oxygen atoms in total. The van der Waals surface area contributed by atoms with Crippen LogP contribution in [0.4, 0.5) is 0 Å². The Kier molecular flexibility index (Phi) is 5.84. The van der Waals surface area contributed by atoms with E-state index in [4.69, 9.17) is 0 Å². The highest BCUT2D eigenvalue weighted by Crippen LogP contribution is 2.29. The molecule has 2 rings (SSSR count). The van der Waals surface area contributed by atoms with Crippen LogP contribution in [0, 0.1) is 11.8 Å². The molecule has 2 aliphatic rings. The summed E-state index contributed by atoms with van der Waals surface area (Å²) in [5.74, 6) is 1.56. The molecule has 0 aromatic rings. The Morgan fingerprint density at radius 2 is 1.85 bits per heavy atom. The lowest BCUT2D eigenvalue weighted by Gasteiger charge is -2.32. The van der Waals surface area contributed by atoms with E-state index < -0.39 is 10.0 Å². The summed E-state index contributed by atoms with van der Waals surface area (Å²) in [4.78, 5) is 2.22. The molecule has 0 spiro atoms. The van der Waals surface area contributed by atoms with Crippen LogP contribution in [-0.2, 0) is 10.0 Å². The first-order valence-electron chi connectivity index (χ1n) is 7.89. The monoisotopic (exact) mass is 303 g/mol. The Balaban J connectivity index is 1.75. The molecule has 0 aromatic heterocycles.